The van der Waals surface area contributed by atoms with E-state index in [0.29, 0.717) is 17.5 Å². The van der Waals surface area contributed by atoms with Crippen LogP contribution in [0, 0.1) is 41.5 Å². The third kappa shape index (κ3) is 7.59. The second kappa shape index (κ2) is 17.8. The number of aryl methyl sites for hydroxylation is 6. The molecule has 5 heteroatoms. The molecule has 354 valence electrons. The third-order valence-corrected chi connectivity index (χ3v) is 14.9. The summed E-state index contributed by atoms with van der Waals surface area (Å²) in [5, 5.41) is 4.79. The van der Waals surface area contributed by atoms with Crippen LogP contribution in [0.15, 0.2) is 212 Å². The minimum Gasteiger partial charge on any atom is -0.309 e. The molecule has 0 fully saturated rings. The second-order valence-corrected chi connectivity index (χ2v) is 20.0. The lowest BCUT2D eigenvalue weighted by molar-refractivity contribution is 1.06. The average Bonchev–Trinajstić information content (AvgIpc) is 3.92. The van der Waals surface area contributed by atoms with E-state index < -0.39 is 0 Å². The summed E-state index contributed by atoms with van der Waals surface area (Å²) in [6.45, 7) is 13.3. The predicted octanol–water partition coefficient (Wildman–Crippen LogP) is 17.9. The van der Waals surface area contributed by atoms with E-state index in [1.807, 2.05) is 36.4 Å². The van der Waals surface area contributed by atoms with Crippen LogP contribution in [-0.4, -0.2) is 24.1 Å². The summed E-state index contributed by atoms with van der Waals surface area (Å²) in [6, 6.07) is 76.8. The van der Waals surface area contributed by atoms with Crippen LogP contribution in [0.1, 0.15) is 33.4 Å². The van der Waals surface area contributed by atoms with Crippen molar-refractivity contribution in [3.8, 4) is 78.9 Å². The Kier molecular flexibility index (Phi) is 10.8. The molecule has 74 heavy (non-hydrogen) atoms. The number of hydrogen-bond donors (Lipinski definition) is 0. The Morgan fingerprint density at radius 2 is 0.716 bits per heavy atom. The van der Waals surface area contributed by atoms with Crippen LogP contribution in [0.5, 0.6) is 0 Å². The van der Waals surface area contributed by atoms with Crippen LogP contribution >= 0.6 is 0 Å². The molecule has 0 saturated carbocycles. The Balaban J connectivity index is 1.11. The number of rotatable bonds is 8. The minimum absolute atomic E-state index is 0.592. The van der Waals surface area contributed by atoms with Gasteiger partial charge >= 0.3 is 0 Å². The van der Waals surface area contributed by atoms with Crippen molar-refractivity contribution in [1.82, 2.24) is 24.1 Å². The number of benzene rings is 10. The molecule has 0 N–H and O–H groups in total. The molecule has 3 heterocycles. The number of aromatic nitrogens is 5. The van der Waals surface area contributed by atoms with Gasteiger partial charge < -0.3 is 9.13 Å². The van der Waals surface area contributed by atoms with Gasteiger partial charge in [-0.15, -0.1) is 0 Å². The Morgan fingerprint density at radius 3 is 1.27 bits per heavy atom. The highest BCUT2D eigenvalue weighted by Gasteiger charge is 2.23. The van der Waals surface area contributed by atoms with Gasteiger partial charge in [-0.3, -0.25) is 0 Å². The smallest absolute Gasteiger partial charge is 0.166 e. The van der Waals surface area contributed by atoms with Gasteiger partial charge in [0.05, 0.1) is 27.8 Å². The van der Waals surface area contributed by atoms with E-state index in [9.17, 15) is 0 Å². The van der Waals surface area contributed by atoms with E-state index in [1.54, 1.807) is 0 Å². The summed E-state index contributed by atoms with van der Waals surface area (Å²) in [5.41, 5.74) is 24.1. The molecule has 10 aromatic carbocycles. The van der Waals surface area contributed by atoms with E-state index in [2.05, 4.69) is 227 Å². The summed E-state index contributed by atoms with van der Waals surface area (Å²) in [7, 11) is 0. The molecule has 0 aliphatic heterocycles. The van der Waals surface area contributed by atoms with E-state index in [4.69, 9.17) is 15.0 Å². The van der Waals surface area contributed by atoms with Crippen molar-refractivity contribution in [2.45, 2.75) is 41.5 Å². The van der Waals surface area contributed by atoms with Gasteiger partial charge in [0.1, 0.15) is 0 Å². The zero-order chi connectivity index (χ0) is 50.2. The second-order valence-electron chi connectivity index (χ2n) is 20.0. The van der Waals surface area contributed by atoms with E-state index in [-0.39, 0.29) is 0 Å². The molecule has 0 aliphatic carbocycles. The molecule has 3 aromatic heterocycles. The monoisotopic (exact) mass is 951 g/mol. The predicted molar refractivity (Wildman–Crippen MR) is 310 cm³/mol. The van der Waals surface area contributed by atoms with E-state index in [0.717, 1.165) is 55.7 Å². The maximum Gasteiger partial charge on any atom is 0.166 e. The Morgan fingerprint density at radius 1 is 0.284 bits per heavy atom. The Labute approximate surface area is 431 Å². The van der Waals surface area contributed by atoms with Crippen molar-refractivity contribution in [3.05, 3.63) is 246 Å². The van der Waals surface area contributed by atoms with Gasteiger partial charge in [-0.25, -0.2) is 15.0 Å². The van der Waals surface area contributed by atoms with Crippen molar-refractivity contribution in [2.24, 2.45) is 0 Å². The lowest BCUT2D eigenvalue weighted by Gasteiger charge is -2.17. The third-order valence-electron chi connectivity index (χ3n) is 14.9. The zero-order valence-electron chi connectivity index (χ0n) is 42.4. The van der Waals surface area contributed by atoms with Crippen molar-refractivity contribution in [2.75, 3.05) is 0 Å². The SMILES string of the molecule is Cc1cc(C)c(-c2ccc3c(c2)c2cc(-c4c(C)cc(C)cc4C)ccc2n3-c2ccc(-c3ccc4c5ccccc5n(-c5ccccc5)c4c3)cc2-c2nc(-c3ccccc3)nc(-c3ccccc3)n2)c(C)c1. The highest BCUT2D eigenvalue weighted by Crippen LogP contribution is 2.43. The number of para-hydroxylation sites is 2. The molecular formula is C69H53N5. The maximum atomic E-state index is 5.42. The lowest BCUT2D eigenvalue weighted by atomic mass is 9.91. The molecule has 0 atom stereocenters. The highest BCUT2D eigenvalue weighted by molar-refractivity contribution is 6.13. The van der Waals surface area contributed by atoms with Crippen LogP contribution in [0.4, 0.5) is 0 Å². The van der Waals surface area contributed by atoms with Crippen molar-refractivity contribution < 1.29 is 0 Å². The molecule has 0 bridgehead atoms. The normalized spacial score (nSPS) is 11.6. The Hall–Kier alpha value is -9.19. The molecule has 0 unspecified atom stereocenters. The lowest BCUT2D eigenvalue weighted by Crippen LogP contribution is -2.04. The molecule has 0 amide bonds. The highest BCUT2D eigenvalue weighted by atomic mass is 15.1. The van der Waals surface area contributed by atoms with Gasteiger partial charge in [0.15, 0.2) is 17.5 Å². The van der Waals surface area contributed by atoms with Gasteiger partial charge in [-0.1, -0.05) is 163 Å². The molecule has 0 saturated heterocycles. The molecular weight excluding hydrogens is 899 g/mol. The van der Waals surface area contributed by atoms with Gasteiger partial charge in [-0.05, 0) is 158 Å². The first-order valence-corrected chi connectivity index (χ1v) is 25.5. The number of fused-ring (bicyclic) bond motifs is 6. The van der Waals surface area contributed by atoms with Gasteiger partial charge in [0, 0.05) is 43.9 Å². The van der Waals surface area contributed by atoms with Crippen LogP contribution in [-0.2, 0) is 0 Å². The molecule has 5 nitrogen and oxygen atoms in total. The first kappa shape index (κ1) is 44.7. The van der Waals surface area contributed by atoms with Crippen LogP contribution in [0.3, 0.4) is 0 Å². The maximum absolute atomic E-state index is 5.42. The van der Waals surface area contributed by atoms with Crippen LogP contribution < -0.4 is 0 Å². The summed E-state index contributed by atoms with van der Waals surface area (Å²) < 4.78 is 4.82. The fraction of sp³-hybridized carbons (Fsp3) is 0.0870. The van der Waals surface area contributed by atoms with Crippen molar-refractivity contribution >= 4 is 43.6 Å². The first-order chi connectivity index (χ1) is 36.1. The first-order valence-electron chi connectivity index (χ1n) is 25.5. The summed E-state index contributed by atoms with van der Waals surface area (Å²) in [6.07, 6.45) is 0. The molecule has 0 spiro atoms. The average molecular weight is 952 g/mol. The topological polar surface area (TPSA) is 48.5 Å². The van der Waals surface area contributed by atoms with E-state index >= 15 is 0 Å². The largest absolute Gasteiger partial charge is 0.309 e. The van der Waals surface area contributed by atoms with Gasteiger partial charge in [-0.2, -0.15) is 0 Å². The fourth-order valence-electron chi connectivity index (χ4n) is 11.9. The molecule has 0 aliphatic rings. The van der Waals surface area contributed by atoms with Crippen LogP contribution in [0.2, 0.25) is 0 Å². The van der Waals surface area contributed by atoms with Crippen molar-refractivity contribution in [1.29, 1.82) is 0 Å². The Bertz CT molecular complexity index is 4130. The standard InChI is InChI=1S/C69H53N5/c1-42-34-44(3)65(45(4)35-42)52-28-32-61-57(39-52)58-40-53(66-46(5)36-43(2)37-47(66)6)29-33-62(58)74(61)63-31-27-50(51-26-30-56-55-24-16-17-25-60(55)73(64(56)41-51)54-22-14-9-15-23-54)38-59(63)69-71-67(48-18-10-7-11-19-48)70-68(72-69)49-20-12-8-13-21-49/h7-41H,1-6H3. The molecule has 13 rings (SSSR count). The quantitative estimate of drug-likeness (QED) is 0.152. The summed E-state index contributed by atoms with van der Waals surface area (Å²) >= 11 is 0. The number of hydrogen-bond acceptors (Lipinski definition) is 3. The fourth-order valence-corrected chi connectivity index (χ4v) is 11.9. The summed E-state index contributed by atoms with van der Waals surface area (Å²) in [5.74, 6) is 1.82. The van der Waals surface area contributed by atoms with Gasteiger partial charge in [0.2, 0.25) is 0 Å². The van der Waals surface area contributed by atoms with Crippen molar-refractivity contribution in [3.63, 3.8) is 0 Å². The van der Waals surface area contributed by atoms with Crippen LogP contribution in [0.25, 0.3) is 123 Å². The van der Waals surface area contributed by atoms with Gasteiger partial charge in [0.25, 0.3) is 0 Å². The number of nitrogens with zero attached hydrogens (tertiary/aromatic N) is 5. The zero-order valence-corrected chi connectivity index (χ0v) is 42.4. The molecule has 0 radical (unpaired) electrons. The van der Waals surface area contributed by atoms with E-state index in [1.165, 1.54) is 82.7 Å². The summed E-state index contributed by atoms with van der Waals surface area (Å²) in [4.78, 5) is 16.0. The minimum atomic E-state index is 0.592. The molecule has 13 aromatic rings.